The van der Waals surface area contributed by atoms with Gasteiger partial charge in [0.1, 0.15) is 28.5 Å². The first kappa shape index (κ1) is 18.2. The van der Waals surface area contributed by atoms with E-state index in [1.807, 2.05) is 11.9 Å². The molecular weight excluding hydrogens is 330 g/mol. The van der Waals surface area contributed by atoms with Crippen LogP contribution in [0.25, 0.3) is 0 Å². The Kier molecular flexibility index (Phi) is 5.26. The Bertz CT molecular complexity index is 934. The number of H-pyrrole nitrogens is 1. The zero-order chi connectivity index (χ0) is 18.7. The van der Waals surface area contributed by atoms with Crippen molar-refractivity contribution < 1.29 is 18.7 Å². The minimum atomic E-state index is -0.911. The highest BCUT2D eigenvalue weighted by Gasteiger charge is 2.22. The lowest BCUT2D eigenvalue weighted by molar-refractivity contribution is 0.0472. The highest BCUT2D eigenvalue weighted by molar-refractivity contribution is 6.02. The van der Waals surface area contributed by atoms with Gasteiger partial charge in [-0.05, 0) is 26.3 Å². The number of ketones is 1. The molecule has 3 N–H and O–H groups in total. The van der Waals surface area contributed by atoms with Crippen molar-refractivity contribution in [2.24, 2.45) is 0 Å². The lowest BCUT2D eigenvalue weighted by Crippen LogP contribution is -2.37. The first-order valence-electron chi connectivity index (χ1n) is 7.66. The molecule has 0 aromatic carbocycles. The summed E-state index contributed by atoms with van der Waals surface area (Å²) in [6.45, 7) is 4.64. The van der Waals surface area contributed by atoms with Crippen molar-refractivity contribution in [2.75, 3.05) is 12.3 Å². The molecule has 25 heavy (non-hydrogen) atoms. The molecular formula is C16H19N3O6. The number of furan rings is 1. The van der Waals surface area contributed by atoms with E-state index < -0.39 is 35.2 Å². The molecule has 9 nitrogen and oxygen atoms in total. The molecule has 0 fully saturated rings. The molecule has 2 aromatic heterocycles. The second-order valence-corrected chi connectivity index (χ2v) is 5.50. The fourth-order valence-corrected chi connectivity index (χ4v) is 2.42. The molecule has 2 aromatic rings. The van der Waals surface area contributed by atoms with Crippen LogP contribution in [-0.2, 0) is 11.3 Å². The minimum Gasteiger partial charge on any atom is -0.466 e. The number of hydrogen-bond acceptors (Lipinski definition) is 7. The van der Waals surface area contributed by atoms with Crippen molar-refractivity contribution in [3.8, 4) is 0 Å². The SMILES string of the molecule is CCCn1c(N)c(C(=O)COC(=O)c2cc(C)oc2C)c(=O)[nH]c1=O. The molecule has 9 heteroatoms. The summed E-state index contributed by atoms with van der Waals surface area (Å²) in [6, 6.07) is 1.49. The van der Waals surface area contributed by atoms with E-state index in [1.165, 1.54) is 6.07 Å². The molecule has 2 rings (SSSR count). The monoisotopic (exact) mass is 349 g/mol. The Morgan fingerprint density at radius 1 is 1.32 bits per heavy atom. The van der Waals surface area contributed by atoms with Crippen LogP contribution in [0.1, 0.15) is 45.6 Å². The van der Waals surface area contributed by atoms with Gasteiger partial charge in [0.2, 0.25) is 5.78 Å². The van der Waals surface area contributed by atoms with Crippen LogP contribution in [0.15, 0.2) is 20.1 Å². The van der Waals surface area contributed by atoms with E-state index in [-0.39, 0.29) is 17.9 Å². The van der Waals surface area contributed by atoms with Crippen molar-refractivity contribution >= 4 is 17.6 Å². The van der Waals surface area contributed by atoms with Gasteiger partial charge < -0.3 is 14.9 Å². The van der Waals surface area contributed by atoms with Crippen molar-refractivity contribution in [2.45, 2.75) is 33.7 Å². The standard InChI is InChI=1S/C16H19N3O6/c1-4-5-19-13(17)12(14(21)18-16(19)23)11(20)7-24-15(22)10-6-8(2)25-9(10)3/h6H,4-5,7,17H2,1-3H3,(H,18,21,23). The number of anilines is 1. The molecule has 0 saturated carbocycles. The number of nitrogens with zero attached hydrogens (tertiary/aromatic N) is 1. The maximum atomic E-state index is 12.3. The van der Waals surface area contributed by atoms with E-state index >= 15 is 0 Å². The number of carbonyl (C=O) groups is 2. The summed E-state index contributed by atoms with van der Waals surface area (Å²) >= 11 is 0. The predicted molar refractivity (Wildman–Crippen MR) is 88.8 cm³/mol. The molecule has 0 spiro atoms. The Morgan fingerprint density at radius 3 is 2.56 bits per heavy atom. The number of aromatic nitrogens is 2. The van der Waals surface area contributed by atoms with Gasteiger partial charge in [-0.15, -0.1) is 0 Å². The zero-order valence-electron chi connectivity index (χ0n) is 14.2. The van der Waals surface area contributed by atoms with Crippen molar-refractivity contribution in [3.63, 3.8) is 0 Å². The number of aryl methyl sites for hydroxylation is 2. The van der Waals surface area contributed by atoms with E-state index in [0.717, 1.165) is 4.57 Å². The van der Waals surface area contributed by atoms with Crippen LogP contribution in [-0.4, -0.2) is 27.9 Å². The van der Waals surface area contributed by atoms with Crippen LogP contribution in [0.3, 0.4) is 0 Å². The van der Waals surface area contributed by atoms with Gasteiger partial charge in [0.15, 0.2) is 6.61 Å². The molecule has 0 bridgehead atoms. The summed E-state index contributed by atoms with van der Waals surface area (Å²) in [5.74, 6) is -0.895. The quantitative estimate of drug-likeness (QED) is 0.580. The van der Waals surface area contributed by atoms with Crippen LogP contribution in [0.2, 0.25) is 0 Å². The molecule has 0 aliphatic rings. The van der Waals surface area contributed by atoms with Crippen molar-refractivity contribution in [1.29, 1.82) is 0 Å². The van der Waals surface area contributed by atoms with Gasteiger partial charge >= 0.3 is 11.7 Å². The molecule has 0 amide bonds. The maximum Gasteiger partial charge on any atom is 0.342 e. The van der Waals surface area contributed by atoms with Crippen LogP contribution in [0.5, 0.6) is 0 Å². The van der Waals surface area contributed by atoms with Crippen LogP contribution in [0, 0.1) is 13.8 Å². The topological polar surface area (TPSA) is 137 Å². The van der Waals surface area contributed by atoms with E-state index in [0.29, 0.717) is 17.9 Å². The van der Waals surface area contributed by atoms with Crippen LogP contribution in [0.4, 0.5) is 5.82 Å². The van der Waals surface area contributed by atoms with Gasteiger partial charge in [-0.2, -0.15) is 0 Å². The third-order valence-electron chi connectivity index (χ3n) is 3.56. The number of esters is 1. The minimum absolute atomic E-state index is 0.197. The number of nitrogens with two attached hydrogens (primary N) is 1. The van der Waals surface area contributed by atoms with Crippen LogP contribution >= 0.6 is 0 Å². The van der Waals surface area contributed by atoms with Gasteiger partial charge in [0.25, 0.3) is 5.56 Å². The molecule has 134 valence electrons. The van der Waals surface area contributed by atoms with Crippen molar-refractivity contribution in [3.05, 3.63) is 49.6 Å². The highest BCUT2D eigenvalue weighted by Crippen LogP contribution is 2.15. The highest BCUT2D eigenvalue weighted by atomic mass is 16.5. The summed E-state index contributed by atoms with van der Waals surface area (Å²) < 4.78 is 11.3. The fraction of sp³-hybridized carbons (Fsp3) is 0.375. The molecule has 2 heterocycles. The lowest BCUT2D eigenvalue weighted by atomic mass is 10.2. The van der Waals surface area contributed by atoms with E-state index in [9.17, 15) is 19.2 Å². The predicted octanol–water partition coefficient (Wildman–Crippen LogP) is 0.778. The number of ether oxygens (including phenoxy) is 1. The number of Topliss-reactive ketones (excluding diaryl/α,β-unsaturated/α-hetero) is 1. The number of carbonyl (C=O) groups excluding carboxylic acids is 2. The summed E-state index contributed by atoms with van der Waals surface area (Å²) in [5.41, 5.74) is 3.98. The third kappa shape index (κ3) is 3.70. The van der Waals surface area contributed by atoms with Gasteiger partial charge in [-0.3, -0.25) is 19.1 Å². The largest absolute Gasteiger partial charge is 0.466 e. The van der Waals surface area contributed by atoms with Gasteiger partial charge in [0, 0.05) is 6.54 Å². The maximum absolute atomic E-state index is 12.3. The lowest BCUT2D eigenvalue weighted by Gasteiger charge is -2.11. The van der Waals surface area contributed by atoms with E-state index in [1.54, 1.807) is 13.8 Å². The molecule has 0 radical (unpaired) electrons. The number of nitrogens with one attached hydrogen (secondary N) is 1. The smallest absolute Gasteiger partial charge is 0.342 e. The number of rotatable bonds is 6. The second-order valence-electron chi connectivity index (χ2n) is 5.50. The van der Waals surface area contributed by atoms with E-state index in [2.05, 4.69) is 0 Å². The fourth-order valence-electron chi connectivity index (χ4n) is 2.42. The summed E-state index contributed by atoms with van der Waals surface area (Å²) in [6.07, 6.45) is 0.581. The van der Waals surface area contributed by atoms with Gasteiger partial charge in [-0.1, -0.05) is 6.92 Å². The third-order valence-corrected chi connectivity index (χ3v) is 3.56. The first-order chi connectivity index (χ1) is 11.8. The van der Waals surface area contributed by atoms with Crippen LogP contribution < -0.4 is 17.0 Å². The second kappa shape index (κ2) is 7.20. The van der Waals surface area contributed by atoms with Gasteiger partial charge in [0.05, 0.1) is 0 Å². The number of nitrogen functional groups attached to an aromatic ring is 1. The molecule has 0 aliphatic heterocycles. The summed E-state index contributed by atoms with van der Waals surface area (Å²) in [4.78, 5) is 49.9. The number of aromatic amines is 1. The van der Waals surface area contributed by atoms with Crippen molar-refractivity contribution in [1.82, 2.24) is 9.55 Å². The Balaban J connectivity index is 2.23. The summed E-state index contributed by atoms with van der Waals surface area (Å²) in [7, 11) is 0. The zero-order valence-corrected chi connectivity index (χ0v) is 14.2. The average Bonchev–Trinajstić information content (AvgIpc) is 2.87. The Morgan fingerprint density at radius 2 is 2.00 bits per heavy atom. The van der Waals surface area contributed by atoms with Gasteiger partial charge in [-0.25, -0.2) is 9.59 Å². The Hall–Kier alpha value is -3.10. The van der Waals surface area contributed by atoms with E-state index in [4.69, 9.17) is 14.9 Å². The molecule has 0 saturated heterocycles. The average molecular weight is 349 g/mol. The normalized spacial score (nSPS) is 10.7. The number of hydrogen-bond donors (Lipinski definition) is 2. The summed E-state index contributed by atoms with van der Waals surface area (Å²) in [5, 5.41) is 0. The first-order valence-corrected chi connectivity index (χ1v) is 7.66. The Labute approximate surface area is 142 Å². The molecule has 0 atom stereocenters. The molecule has 0 aliphatic carbocycles. The molecule has 0 unspecified atom stereocenters.